The van der Waals surface area contributed by atoms with Gasteiger partial charge in [0.25, 0.3) is 0 Å². The lowest BCUT2D eigenvalue weighted by Gasteiger charge is -2.06. The standard InChI is InChI=1S/C11H11ClN2O2/c12-4-1-5-16-8-2-3-10-9(6-8)11(15)14-7-13-10/h2-3,6-7H,1,4-5H2,(H,13,14,15). The highest BCUT2D eigenvalue weighted by molar-refractivity contribution is 6.17. The topological polar surface area (TPSA) is 55.2 Å². The fourth-order valence-corrected chi connectivity index (χ4v) is 1.47. The monoisotopic (exact) mass is 238 g/mol. The second-order valence-corrected chi connectivity index (χ2v) is 3.65. The molecule has 0 fully saturated rings. The van der Waals surface area contributed by atoms with Crippen molar-refractivity contribution in [2.75, 3.05) is 12.5 Å². The van der Waals surface area contributed by atoms with Crippen molar-refractivity contribution in [3.8, 4) is 11.6 Å². The van der Waals surface area contributed by atoms with Gasteiger partial charge in [-0.2, -0.15) is 0 Å². The van der Waals surface area contributed by atoms with Crippen LogP contribution in [0.5, 0.6) is 11.6 Å². The van der Waals surface area contributed by atoms with E-state index in [0.717, 1.165) is 6.42 Å². The summed E-state index contributed by atoms with van der Waals surface area (Å²) < 4.78 is 5.46. The van der Waals surface area contributed by atoms with E-state index in [9.17, 15) is 5.11 Å². The molecule has 0 aliphatic rings. The molecule has 0 atom stereocenters. The fourth-order valence-electron chi connectivity index (χ4n) is 1.36. The van der Waals surface area contributed by atoms with E-state index in [0.29, 0.717) is 29.1 Å². The van der Waals surface area contributed by atoms with Crippen molar-refractivity contribution in [1.29, 1.82) is 0 Å². The average molecular weight is 239 g/mol. The van der Waals surface area contributed by atoms with Gasteiger partial charge in [0.1, 0.15) is 12.1 Å². The minimum absolute atomic E-state index is 0.0345. The Morgan fingerprint density at radius 3 is 3.00 bits per heavy atom. The lowest BCUT2D eigenvalue weighted by atomic mass is 10.2. The van der Waals surface area contributed by atoms with Crippen LogP contribution in [-0.4, -0.2) is 27.6 Å². The molecule has 1 aromatic carbocycles. The molecular formula is C11H11ClN2O2. The molecule has 2 aromatic rings. The molecule has 0 aliphatic heterocycles. The van der Waals surface area contributed by atoms with Gasteiger partial charge in [-0.25, -0.2) is 9.97 Å². The first-order valence-electron chi connectivity index (χ1n) is 4.94. The zero-order chi connectivity index (χ0) is 11.4. The molecule has 0 spiro atoms. The Morgan fingerprint density at radius 2 is 2.19 bits per heavy atom. The molecule has 0 aliphatic carbocycles. The number of hydrogen-bond acceptors (Lipinski definition) is 4. The zero-order valence-corrected chi connectivity index (χ0v) is 9.31. The van der Waals surface area contributed by atoms with Crippen molar-refractivity contribution < 1.29 is 9.84 Å². The molecule has 0 saturated carbocycles. The molecule has 4 nitrogen and oxygen atoms in total. The van der Waals surface area contributed by atoms with Crippen molar-refractivity contribution in [2.24, 2.45) is 0 Å². The van der Waals surface area contributed by atoms with Gasteiger partial charge in [0, 0.05) is 5.88 Å². The summed E-state index contributed by atoms with van der Waals surface area (Å²) in [6.07, 6.45) is 2.11. The molecule has 1 aromatic heterocycles. The molecule has 0 amide bonds. The molecule has 16 heavy (non-hydrogen) atoms. The highest BCUT2D eigenvalue weighted by Crippen LogP contribution is 2.24. The molecule has 0 saturated heterocycles. The Bertz CT molecular complexity index is 490. The first kappa shape index (κ1) is 11.0. The third kappa shape index (κ3) is 2.33. The van der Waals surface area contributed by atoms with Crippen LogP contribution in [-0.2, 0) is 0 Å². The van der Waals surface area contributed by atoms with Gasteiger partial charge in [-0.1, -0.05) is 0 Å². The number of ether oxygens (including phenoxy) is 1. The van der Waals surface area contributed by atoms with Gasteiger partial charge in [-0.05, 0) is 24.6 Å². The summed E-state index contributed by atoms with van der Waals surface area (Å²) in [6.45, 7) is 0.559. The largest absolute Gasteiger partial charge is 0.494 e. The lowest BCUT2D eigenvalue weighted by Crippen LogP contribution is -1.97. The minimum atomic E-state index is -0.0345. The van der Waals surface area contributed by atoms with Crippen LogP contribution >= 0.6 is 11.6 Å². The molecule has 5 heteroatoms. The highest BCUT2D eigenvalue weighted by atomic mass is 35.5. The predicted octanol–water partition coefficient (Wildman–Crippen LogP) is 2.34. The van der Waals surface area contributed by atoms with Gasteiger partial charge in [-0.3, -0.25) is 0 Å². The Hall–Kier alpha value is -1.55. The van der Waals surface area contributed by atoms with Crippen molar-refractivity contribution in [1.82, 2.24) is 9.97 Å². The van der Waals surface area contributed by atoms with Crippen LogP contribution in [0.3, 0.4) is 0 Å². The Morgan fingerprint density at radius 1 is 1.31 bits per heavy atom. The van der Waals surface area contributed by atoms with Crippen LogP contribution in [0.25, 0.3) is 10.9 Å². The number of fused-ring (bicyclic) bond motifs is 1. The Labute approximate surface area is 97.9 Å². The summed E-state index contributed by atoms with van der Waals surface area (Å²) in [4.78, 5) is 7.74. The highest BCUT2D eigenvalue weighted by Gasteiger charge is 2.03. The van der Waals surface area contributed by atoms with E-state index in [-0.39, 0.29) is 5.88 Å². The van der Waals surface area contributed by atoms with Crippen LogP contribution < -0.4 is 4.74 Å². The maximum absolute atomic E-state index is 9.54. The molecule has 0 unspecified atom stereocenters. The third-order valence-corrected chi connectivity index (χ3v) is 2.40. The van der Waals surface area contributed by atoms with Crippen LogP contribution in [0.4, 0.5) is 0 Å². The van der Waals surface area contributed by atoms with E-state index in [1.165, 1.54) is 6.33 Å². The predicted molar refractivity (Wildman–Crippen MR) is 62.0 cm³/mol. The van der Waals surface area contributed by atoms with E-state index in [2.05, 4.69) is 9.97 Å². The normalized spacial score (nSPS) is 10.6. The van der Waals surface area contributed by atoms with Crippen molar-refractivity contribution in [3.63, 3.8) is 0 Å². The van der Waals surface area contributed by atoms with Crippen molar-refractivity contribution >= 4 is 22.5 Å². The summed E-state index contributed by atoms with van der Waals surface area (Å²) in [5.74, 6) is 1.22. The van der Waals surface area contributed by atoms with E-state index in [1.807, 2.05) is 6.07 Å². The fraction of sp³-hybridized carbons (Fsp3) is 0.273. The summed E-state index contributed by atoms with van der Waals surface area (Å²) >= 11 is 5.55. The molecule has 84 valence electrons. The number of rotatable bonds is 4. The third-order valence-electron chi connectivity index (χ3n) is 2.13. The number of benzene rings is 1. The van der Waals surface area contributed by atoms with E-state index in [4.69, 9.17) is 16.3 Å². The summed E-state index contributed by atoms with van der Waals surface area (Å²) in [6, 6.07) is 5.31. The van der Waals surface area contributed by atoms with Crippen LogP contribution in [0.1, 0.15) is 6.42 Å². The van der Waals surface area contributed by atoms with Crippen LogP contribution in [0, 0.1) is 0 Å². The van der Waals surface area contributed by atoms with Gasteiger partial charge >= 0.3 is 0 Å². The second kappa shape index (κ2) is 4.99. The van der Waals surface area contributed by atoms with Gasteiger partial charge in [0.15, 0.2) is 0 Å². The quantitative estimate of drug-likeness (QED) is 0.656. The molecular weight excluding hydrogens is 228 g/mol. The van der Waals surface area contributed by atoms with Gasteiger partial charge in [-0.15, -0.1) is 11.6 Å². The molecule has 2 rings (SSSR count). The molecule has 0 bridgehead atoms. The van der Waals surface area contributed by atoms with E-state index >= 15 is 0 Å². The van der Waals surface area contributed by atoms with E-state index < -0.39 is 0 Å². The summed E-state index contributed by atoms with van der Waals surface area (Å²) in [5, 5.41) is 10.1. The number of hydrogen-bond donors (Lipinski definition) is 1. The van der Waals surface area contributed by atoms with Crippen molar-refractivity contribution in [2.45, 2.75) is 6.42 Å². The lowest BCUT2D eigenvalue weighted by molar-refractivity contribution is 0.318. The number of aromatic nitrogens is 2. The molecule has 1 N–H and O–H groups in total. The number of alkyl halides is 1. The van der Waals surface area contributed by atoms with Gasteiger partial charge in [0.2, 0.25) is 5.88 Å². The number of halogens is 1. The SMILES string of the molecule is Oc1ncnc2ccc(OCCCCl)cc12. The minimum Gasteiger partial charge on any atom is -0.494 e. The maximum atomic E-state index is 9.54. The van der Waals surface area contributed by atoms with Crippen LogP contribution in [0.15, 0.2) is 24.5 Å². The first-order chi connectivity index (χ1) is 7.81. The number of aromatic hydroxyl groups is 1. The van der Waals surface area contributed by atoms with Gasteiger partial charge < -0.3 is 9.84 Å². The average Bonchev–Trinajstić information content (AvgIpc) is 2.30. The molecule has 1 heterocycles. The smallest absolute Gasteiger partial charge is 0.222 e. The Balaban J connectivity index is 2.25. The Kier molecular flexibility index (Phi) is 3.41. The van der Waals surface area contributed by atoms with Gasteiger partial charge in [0.05, 0.1) is 17.5 Å². The van der Waals surface area contributed by atoms with Crippen molar-refractivity contribution in [3.05, 3.63) is 24.5 Å². The maximum Gasteiger partial charge on any atom is 0.222 e. The van der Waals surface area contributed by atoms with Crippen LogP contribution in [0.2, 0.25) is 0 Å². The summed E-state index contributed by atoms with van der Waals surface area (Å²) in [7, 11) is 0. The second-order valence-electron chi connectivity index (χ2n) is 3.27. The molecule has 0 radical (unpaired) electrons. The summed E-state index contributed by atoms with van der Waals surface area (Å²) in [5.41, 5.74) is 0.692. The zero-order valence-electron chi connectivity index (χ0n) is 8.56. The number of nitrogens with zero attached hydrogens (tertiary/aromatic N) is 2. The first-order valence-corrected chi connectivity index (χ1v) is 5.47. The van der Waals surface area contributed by atoms with E-state index in [1.54, 1.807) is 12.1 Å².